The number of urea groups is 1. The van der Waals surface area contributed by atoms with E-state index in [-0.39, 0.29) is 12.8 Å². The van der Waals surface area contributed by atoms with Crippen molar-refractivity contribution in [3.63, 3.8) is 0 Å². The van der Waals surface area contributed by atoms with Gasteiger partial charge in [0.25, 0.3) is 0 Å². The molecule has 0 aliphatic carbocycles. The molecule has 0 aliphatic rings. The van der Waals surface area contributed by atoms with Gasteiger partial charge < -0.3 is 15.4 Å². The maximum atomic E-state index is 11.2. The van der Waals surface area contributed by atoms with E-state index in [4.69, 9.17) is 4.74 Å². The van der Waals surface area contributed by atoms with Gasteiger partial charge in [-0.15, -0.1) is 0 Å². The van der Waals surface area contributed by atoms with Crippen molar-refractivity contribution in [2.24, 2.45) is 0 Å². The van der Waals surface area contributed by atoms with E-state index >= 15 is 0 Å². The number of rotatable bonds is 3. The number of ether oxygens (including phenoxy) is 1. The second-order valence-electron chi connectivity index (χ2n) is 2.93. The Hall–Kier alpha value is -1.55. The number of aryl methyl sites for hydroxylation is 1. The summed E-state index contributed by atoms with van der Waals surface area (Å²) in [6.07, 6.45) is 0. The molecule has 0 saturated carbocycles. The standard InChI is InChI=1S/C10H14N2O2/c1-8-3-5-9(6-4-8)12-10(13)11-7-14-2/h3-6H,7H2,1-2H3,(H2,11,12,13). The molecule has 76 valence electrons. The molecule has 2 amide bonds. The van der Waals surface area contributed by atoms with Crippen molar-refractivity contribution >= 4 is 11.7 Å². The van der Waals surface area contributed by atoms with Crippen molar-refractivity contribution in [2.75, 3.05) is 19.2 Å². The second-order valence-corrected chi connectivity index (χ2v) is 2.93. The molecular formula is C10H14N2O2. The van der Waals surface area contributed by atoms with Crippen LogP contribution < -0.4 is 10.6 Å². The lowest BCUT2D eigenvalue weighted by Crippen LogP contribution is -2.30. The maximum Gasteiger partial charge on any atom is 0.321 e. The summed E-state index contributed by atoms with van der Waals surface area (Å²) < 4.78 is 4.70. The van der Waals surface area contributed by atoms with Crippen LogP contribution in [0.25, 0.3) is 0 Å². The number of benzene rings is 1. The Kier molecular flexibility index (Phi) is 3.94. The highest BCUT2D eigenvalue weighted by atomic mass is 16.5. The summed E-state index contributed by atoms with van der Waals surface area (Å²) in [6.45, 7) is 2.20. The first-order valence-electron chi connectivity index (χ1n) is 4.33. The van der Waals surface area contributed by atoms with Gasteiger partial charge in [0, 0.05) is 12.8 Å². The van der Waals surface area contributed by atoms with Gasteiger partial charge in [-0.05, 0) is 19.1 Å². The maximum absolute atomic E-state index is 11.2. The van der Waals surface area contributed by atoms with Crippen molar-refractivity contribution < 1.29 is 9.53 Å². The third-order valence-corrected chi connectivity index (χ3v) is 1.69. The van der Waals surface area contributed by atoms with Crippen LogP contribution in [-0.4, -0.2) is 19.9 Å². The fourth-order valence-corrected chi connectivity index (χ4v) is 0.950. The molecule has 0 aromatic heterocycles. The van der Waals surface area contributed by atoms with Crippen LogP contribution in [0.3, 0.4) is 0 Å². The van der Waals surface area contributed by atoms with Crippen molar-refractivity contribution in [3.05, 3.63) is 29.8 Å². The number of carbonyl (C=O) groups excluding carboxylic acids is 1. The Morgan fingerprint density at radius 3 is 2.57 bits per heavy atom. The lowest BCUT2D eigenvalue weighted by molar-refractivity contribution is 0.177. The van der Waals surface area contributed by atoms with Gasteiger partial charge in [0.15, 0.2) is 0 Å². The first-order valence-corrected chi connectivity index (χ1v) is 4.33. The molecule has 0 aliphatic heterocycles. The van der Waals surface area contributed by atoms with Crippen LogP contribution >= 0.6 is 0 Å². The molecule has 14 heavy (non-hydrogen) atoms. The molecule has 0 unspecified atom stereocenters. The van der Waals surface area contributed by atoms with Crippen LogP contribution in [0, 0.1) is 6.92 Å². The molecule has 4 nitrogen and oxygen atoms in total. The van der Waals surface area contributed by atoms with Crippen LogP contribution in [0.1, 0.15) is 5.56 Å². The average Bonchev–Trinajstić information content (AvgIpc) is 2.18. The summed E-state index contributed by atoms with van der Waals surface area (Å²) in [5.41, 5.74) is 1.93. The first-order chi connectivity index (χ1) is 6.72. The number of nitrogens with one attached hydrogen (secondary N) is 2. The van der Waals surface area contributed by atoms with E-state index in [2.05, 4.69) is 10.6 Å². The molecule has 0 spiro atoms. The zero-order valence-corrected chi connectivity index (χ0v) is 8.33. The molecule has 0 heterocycles. The number of hydrogen-bond acceptors (Lipinski definition) is 2. The topological polar surface area (TPSA) is 50.4 Å². The molecule has 0 atom stereocenters. The predicted octanol–water partition coefficient (Wildman–Crippen LogP) is 1.72. The molecule has 0 bridgehead atoms. The number of carbonyl (C=O) groups is 1. The fourth-order valence-electron chi connectivity index (χ4n) is 0.950. The highest BCUT2D eigenvalue weighted by Crippen LogP contribution is 2.07. The Balaban J connectivity index is 2.44. The van der Waals surface area contributed by atoms with E-state index < -0.39 is 0 Å². The van der Waals surface area contributed by atoms with Gasteiger partial charge in [0.2, 0.25) is 0 Å². The van der Waals surface area contributed by atoms with Crippen LogP contribution in [0.2, 0.25) is 0 Å². The summed E-state index contributed by atoms with van der Waals surface area (Å²) in [7, 11) is 1.52. The largest absolute Gasteiger partial charge is 0.364 e. The minimum atomic E-state index is -0.268. The van der Waals surface area contributed by atoms with Gasteiger partial charge >= 0.3 is 6.03 Å². The van der Waals surface area contributed by atoms with E-state index in [0.717, 1.165) is 11.3 Å². The van der Waals surface area contributed by atoms with Crippen LogP contribution in [0.15, 0.2) is 24.3 Å². The Morgan fingerprint density at radius 2 is 2.00 bits per heavy atom. The molecule has 0 fully saturated rings. The molecule has 4 heteroatoms. The normalized spacial score (nSPS) is 9.57. The predicted molar refractivity (Wildman–Crippen MR) is 55.2 cm³/mol. The Bertz CT molecular complexity index is 295. The third kappa shape index (κ3) is 3.45. The zero-order valence-electron chi connectivity index (χ0n) is 8.33. The van der Waals surface area contributed by atoms with E-state index in [9.17, 15) is 4.79 Å². The van der Waals surface area contributed by atoms with Crippen LogP contribution in [-0.2, 0) is 4.74 Å². The van der Waals surface area contributed by atoms with Crippen molar-refractivity contribution in [1.29, 1.82) is 0 Å². The van der Waals surface area contributed by atoms with Crippen molar-refractivity contribution in [2.45, 2.75) is 6.92 Å². The van der Waals surface area contributed by atoms with E-state index in [1.54, 1.807) is 0 Å². The first kappa shape index (κ1) is 10.5. The number of anilines is 1. The Labute approximate surface area is 83.3 Å². The van der Waals surface area contributed by atoms with E-state index in [0.29, 0.717) is 0 Å². The van der Waals surface area contributed by atoms with Gasteiger partial charge in [-0.2, -0.15) is 0 Å². The number of amides is 2. The van der Waals surface area contributed by atoms with Crippen molar-refractivity contribution in [3.8, 4) is 0 Å². The molecule has 1 aromatic carbocycles. The second kappa shape index (κ2) is 5.24. The summed E-state index contributed by atoms with van der Waals surface area (Å²) in [5.74, 6) is 0. The molecule has 2 N–H and O–H groups in total. The van der Waals surface area contributed by atoms with E-state index in [1.165, 1.54) is 7.11 Å². The zero-order chi connectivity index (χ0) is 10.4. The lowest BCUT2D eigenvalue weighted by atomic mass is 10.2. The summed E-state index contributed by atoms with van der Waals surface area (Å²) in [6, 6.07) is 7.30. The smallest absolute Gasteiger partial charge is 0.321 e. The number of hydrogen-bond donors (Lipinski definition) is 2. The summed E-state index contributed by atoms with van der Waals surface area (Å²) >= 11 is 0. The molecule has 0 radical (unpaired) electrons. The highest BCUT2D eigenvalue weighted by Gasteiger charge is 1.98. The van der Waals surface area contributed by atoms with Gasteiger partial charge in [0.05, 0.1) is 0 Å². The highest BCUT2D eigenvalue weighted by molar-refractivity contribution is 5.89. The Morgan fingerprint density at radius 1 is 1.36 bits per heavy atom. The SMILES string of the molecule is COCNC(=O)Nc1ccc(C)cc1. The van der Waals surface area contributed by atoms with Gasteiger partial charge in [0.1, 0.15) is 6.73 Å². The van der Waals surface area contributed by atoms with E-state index in [1.807, 2.05) is 31.2 Å². The average molecular weight is 194 g/mol. The third-order valence-electron chi connectivity index (χ3n) is 1.69. The van der Waals surface area contributed by atoms with Gasteiger partial charge in [-0.1, -0.05) is 17.7 Å². The fraction of sp³-hybridized carbons (Fsp3) is 0.300. The minimum Gasteiger partial charge on any atom is -0.364 e. The molecular weight excluding hydrogens is 180 g/mol. The molecule has 0 saturated heterocycles. The molecule has 1 rings (SSSR count). The number of methoxy groups -OCH3 is 1. The van der Waals surface area contributed by atoms with Crippen LogP contribution in [0.4, 0.5) is 10.5 Å². The van der Waals surface area contributed by atoms with Crippen LogP contribution in [0.5, 0.6) is 0 Å². The lowest BCUT2D eigenvalue weighted by Gasteiger charge is -2.06. The summed E-state index contributed by atoms with van der Waals surface area (Å²) in [5, 5.41) is 5.20. The quantitative estimate of drug-likeness (QED) is 0.720. The van der Waals surface area contributed by atoms with Gasteiger partial charge in [-0.25, -0.2) is 4.79 Å². The minimum absolute atomic E-state index is 0.206. The monoisotopic (exact) mass is 194 g/mol. The summed E-state index contributed by atoms with van der Waals surface area (Å²) in [4.78, 5) is 11.2. The van der Waals surface area contributed by atoms with Gasteiger partial charge in [-0.3, -0.25) is 0 Å². The molecule has 1 aromatic rings. The van der Waals surface area contributed by atoms with Crippen molar-refractivity contribution in [1.82, 2.24) is 5.32 Å².